The molecule has 0 N–H and O–H groups in total. The molecule has 0 atom stereocenters. The van der Waals surface area contributed by atoms with E-state index in [9.17, 15) is 4.79 Å². The molecule has 7 nitrogen and oxygen atoms in total. The Morgan fingerprint density at radius 2 is 2.13 bits per heavy atom. The van der Waals surface area contributed by atoms with Gasteiger partial charge in [0.15, 0.2) is 5.65 Å². The van der Waals surface area contributed by atoms with Gasteiger partial charge >= 0.3 is 0 Å². The van der Waals surface area contributed by atoms with Crippen LogP contribution in [0.4, 0.5) is 0 Å². The first-order chi connectivity index (χ1) is 11.2. The van der Waals surface area contributed by atoms with Crippen LogP contribution < -0.4 is 0 Å². The van der Waals surface area contributed by atoms with Crippen molar-refractivity contribution in [3.8, 4) is 0 Å². The molecule has 23 heavy (non-hydrogen) atoms. The molecule has 2 aromatic heterocycles. The molecule has 0 aromatic carbocycles. The highest BCUT2D eigenvalue weighted by Gasteiger charge is 2.40. The number of aromatic nitrogens is 3. The quantitative estimate of drug-likeness (QED) is 0.774. The number of hydrogen-bond donors (Lipinski definition) is 0. The summed E-state index contributed by atoms with van der Waals surface area (Å²) in [6, 6.07) is 3.68. The summed E-state index contributed by atoms with van der Waals surface area (Å²) >= 11 is 0. The number of carbonyl (C=O) groups is 1. The molecule has 2 aliphatic rings. The van der Waals surface area contributed by atoms with Gasteiger partial charge < -0.3 is 14.5 Å². The summed E-state index contributed by atoms with van der Waals surface area (Å²) < 4.78 is 7.87. The molecule has 0 aliphatic carbocycles. The van der Waals surface area contributed by atoms with Gasteiger partial charge in [-0.15, -0.1) is 10.2 Å². The van der Waals surface area contributed by atoms with Crippen LogP contribution in [0.25, 0.3) is 5.65 Å². The smallest absolute Gasteiger partial charge is 0.257 e. The maximum atomic E-state index is 13.0. The number of likely N-dealkylation sites (tertiary alicyclic amines) is 1. The molecule has 4 rings (SSSR count). The molecule has 0 radical (unpaired) electrons. The van der Waals surface area contributed by atoms with Gasteiger partial charge in [-0.3, -0.25) is 9.20 Å². The molecule has 1 spiro atoms. The highest BCUT2D eigenvalue weighted by atomic mass is 16.5. The Kier molecular flexibility index (Phi) is 3.54. The van der Waals surface area contributed by atoms with E-state index in [0.717, 1.165) is 25.9 Å². The lowest BCUT2D eigenvalue weighted by Gasteiger charge is -2.46. The Bertz CT molecular complexity index is 720. The SMILES string of the molecule is CN1CCC2(CC1)CN(C(=O)c1cccn3cnnc13)CCO2. The van der Waals surface area contributed by atoms with E-state index < -0.39 is 0 Å². The fourth-order valence-electron chi connectivity index (χ4n) is 3.54. The van der Waals surface area contributed by atoms with Crippen molar-refractivity contribution in [3.63, 3.8) is 0 Å². The molecular weight excluding hydrogens is 294 g/mol. The van der Waals surface area contributed by atoms with Crippen molar-refractivity contribution in [2.75, 3.05) is 39.8 Å². The Morgan fingerprint density at radius 3 is 2.96 bits per heavy atom. The van der Waals surface area contributed by atoms with E-state index >= 15 is 0 Å². The van der Waals surface area contributed by atoms with E-state index in [-0.39, 0.29) is 11.5 Å². The van der Waals surface area contributed by atoms with Crippen molar-refractivity contribution in [1.82, 2.24) is 24.4 Å². The average molecular weight is 315 g/mol. The van der Waals surface area contributed by atoms with Gasteiger partial charge in [-0.2, -0.15) is 0 Å². The number of nitrogens with zero attached hydrogens (tertiary/aromatic N) is 5. The second-order valence-electron chi connectivity index (χ2n) is 6.55. The van der Waals surface area contributed by atoms with Gasteiger partial charge in [-0.25, -0.2) is 0 Å². The van der Waals surface area contributed by atoms with E-state index in [1.54, 1.807) is 10.7 Å². The van der Waals surface area contributed by atoms with E-state index in [1.165, 1.54) is 0 Å². The molecule has 0 bridgehead atoms. The largest absolute Gasteiger partial charge is 0.371 e. The average Bonchev–Trinajstić information content (AvgIpc) is 3.06. The second kappa shape index (κ2) is 5.58. The molecule has 0 saturated carbocycles. The van der Waals surface area contributed by atoms with E-state index in [1.807, 2.05) is 23.2 Å². The zero-order chi connectivity index (χ0) is 15.9. The highest BCUT2D eigenvalue weighted by molar-refractivity contribution is 5.99. The first-order valence-electron chi connectivity index (χ1n) is 8.07. The number of hydrogen-bond acceptors (Lipinski definition) is 5. The minimum absolute atomic E-state index is 0.0187. The summed E-state index contributed by atoms with van der Waals surface area (Å²) in [6.45, 7) is 3.93. The fraction of sp³-hybridized carbons (Fsp3) is 0.562. The van der Waals surface area contributed by atoms with E-state index in [2.05, 4.69) is 22.1 Å². The van der Waals surface area contributed by atoms with Crippen LogP contribution >= 0.6 is 0 Å². The van der Waals surface area contributed by atoms with Crippen LogP contribution in [-0.4, -0.2) is 75.7 Å². The maximum Gasteiger partial charge on any atom is 0.257 e. The summed E-state index contributed by atoms with van der Waals surface area (Å²) in [5.41, 5.74) is 1.04. The maximum absolute atomic E-state index is 13.0. The normalized spacial score (nSPS) is 21.9. The number of morpholine rings is 1. The number of pyridine rings is 1. The second-order valence-corrected chi connectivity index (χ2v) is 6.55. The van der Waals surface area contributed by atoms with Crippen LogP contribution in [-0.2, 0) is 4.74 Å². The highest BCUT2D eigenvalue weighted by Crippen LogP contribution is 2.30. The molecule has 1 amide bonds. The van der Waals surface area contributed by atoms with Crippen LogP contribution in [0.3, 0.4) is 0 Å². The monoisotopic (exact) mass is 315 g/mol. The first-order valence-corrected chi connectivity index (χ1v) is 8.07. The lowest BCUT2D eigenvalue weighted by atomic mass is 9.89. The van der Waals surface area contributed by atoms with Gasteiger partial charge in [0.1, 0.15) is 6.33 Å². The molecule has 7 heteroatoms. The fourth-order valence-corrected chi connectivity index (χ4v) is 3.54. The number of fused-ring (bicyclic) bond motifs is 1. The number of carbonyl (C=O) groups excluding carboxylic acids is 1. The molecule has 4 heterocycles. The van der Waals surface area contributed by atoms with Gasteiger partial charge in [0.25, 0.3) is 5.91 Å². The van der Waals surface area contributed by atoms with Gasteiger partial charge in [-0.05, 0) is 32.0 Å². The minimum Gasteiger partial charge on any atom is -0.371 e. The lowest BCUT2D eigenvalue weighted by molar-refractivity contribution is -0.125. The Balaban J connectivity index is 1.58. The molecular formula is C16H21N5O2. The van der Waals surface area contributed by atoms with Crippen LogP contribution in [0.1, 0.15) is 23.2 Å². The number of rotatable bonds is 1. The van der Waals surface area contributed by atoms with Crippen molar-refractivity contribution in [2.45, 2.75) is 18.4 Å². The van der Waals surface area contributed by atoms with Gasteiger partial charge in [0.2, 0.25) is 0 Å². The number of ether oxygens (including phenoxy) is 1. The van der Waals surface area contributed by atoms with Crippen molar-refractivity contribution in [2.24, 2.45) is 0 Å². The van der Waals surface area contributed by atoms with Crippen LogP contribution in [0.5, 0.6) is 0 Å². The van der Waals surface area contributed by atoms with E-state index in [0.29, 0.717) is 30.9 Å². The third kappa shape index (κ3) is 2.60. The van der Waals surface area contributed by atoms with Gasteiger partial charge in [-0.1, -0.05) is 0 Å². The topological polar surface area (TPSA) is 63.0 Å². The van der Waals surface area contributed by atoms with Crippen LogP contribution in [0.2, 0.25) is 0 Å². The summed E-state index contributed by atoms with van der Waals surface area (Å²) in [5, 5.41) is 7.97. The van der Waals surface area contributed by atoms with Crippen LogP contribution in [0.15, 0.2) is 24.7 Å². The van der Waals surface area contributed by atoms with E-state index in [4.69, 9.17) is 4.74 Å². The van der Waals surface area contributed by atoms with Crippen LogP contribution in [0, 0.1) is 0 Å². The van der Waals surface area contributed by atoms with Gasteiger partial charge in [0.05, 0.1) is 24.3 Å². The summed E-state index contributed by atoms with van der Waals surface area (Å²) in [5.74, 6) is 0.0187. The molecule has 0 unspecified atom stereocenters. The standard InChI is InChI=1S/C16H21N5O2/c1-19-7-4-16(5-8-19)11-20(9-10-23-16)15(22)13-3-2-6-21-12-17-18-14(13)21/h2-3,6,12H,4-5,7-11H2,1H3. The van der Waals surface area contributed by atoms with Crippen molar-refractivity contribution < 1.29 is 9.53 Å². The molecule has 2 aliphatic heterocycles. The molecule has 2 aromatic rings. The van der Waals surface area contributed by atoms with Crippen molar-refractivity contribution >= 4 is 11.6 Å². The summed E-state index contributed by atoms with van der Waals surface area (Å²) in [4.78, 5) is 17.2. The molecule has 122 valence electrons. The first kappa shape index (κ1) is 14.6. The minimum atomic E-state index is -0.181. The lowest BCUT2D eigenvalue weighted by Crippen LogP contribution is -2.57. The molecule has 2 saturated heterocycles. The zero-order valence-corrected chi connectivity index (χ0v) is 13.3. The Hall–Kier alpha value is -1.99. The number of piperidine rings is 1. The third-order valence-corrected chi connectivity index (χ3v) is 4.99. The Labute approximate surface area is 134 Å². The van der Waals surface area contributed by atoms with Crippen molar-refractivity contribution in [3.05, 3.63) is 30.2 Å². The Morgan fingerprint density at radius 1 is 1.30 bits per heavy atom. The number of amides is 1. The molecule has 2 fully saturated rings. The summed E-state index contributed by atoms with van der Waals surface area (Å²) in [6.07, 6.45) is 5.42. The summed E-state index contributed by atoms with van der Waals surface area (Å²) in [7, 11) is 2.13. The zero-order valence-electron chi connectivity index (χ0n) is 13.3. The van der Waals surface area contributed by atoms with Gasteiger partial charge in [0, 0.05) is 25.8 Å². The van der Waals surface area contributed by atoms with Crippen molar-refractivity contribution in [1.29, 1.82) is 0 Å². The predicted octanol–water partition coefficient (Wildman–Crippen LogP) is 0.666. The predicted molar refractivity (Wildman–Crippen MR) is 84.3 cm³/mol. The third-order valence-electron chi connectivity index (χ3n) is 4.99.